The predicted octanol–water partition coefficient (Wildman–Crippen LogP) is 2.72. The Labute approximate surface area is 113 Å². The van der Waals surface area contributed by atoms with E-state index in [9.17, 15) is 10.2 Å². The third kappa shape index (κ3) is 1.97. The van der Waals surface area contributed by atoms with E-state index in [2.05, 4.69) is 42.5 Å². The molecule has 1 atom stereocenters. The Balaban J connectivity index is 2.19. The summed E-state index contributed by atoms with van der Waals surface area (Å²) in [5.74, 6) is 0.263. The quantitative estimate of drug-likeness (QED) is 0.880. The first kappa shape index (κ1) is 12.4. The molecule has 2 heteroatoms. The van der Waals surface area contributed by atoms with Gasteiger partial charge in [-0.1, -0.05) is 42.5 Å². The van der Waals surface area contributed by atoms with Gasteiger partial charge in [-0.25, -0.2) is 0 Å². The van der Waals surface area contributed by atoms with E-state index < -0.39 is 0 Å². The van der Waals surface area contributed by atoms with Crippen molar-refractivity contribution in [1.82, 2.24) is 0 Å². The minimum Gasteiger partial charge on any atom is -0.396 e. The van der Waals surface area contributed by atoms with Crippen molar-refractivity contribution in [3.63, 3.8) is 0 Å². The normalized spacial score (nSPS) is 16.2. The zero-order chi connectivity index (χ0) is 13.2. The summed E-state index contributed by atoms with van der Waals surface area (Å²) in [7, 11) is 0. The highest BCUT2D eigenvalue weighted by Gasteiger charge is 2.29. The molecule has 3 rings (SSSR count). The smallest absolute Gasteiger partial charge is 0.0471 e. The van der Waals surface area contributed by atoms with Crippen LogP contribution in [0.5, 0.6) is 0 Å². The van der Waals surface area contributed by atoms with Gasteiger partial charge in [0, 0.05) is 19.1 Å². The zero-order valence-electron chi connectivity index (χ0n) is 10.8. The van der Waals surface area contributed by atoms with Gasteiger partial charge in [0.05, 0.1) is 0 Å². The number of hydrogen-bond acceptors (Lipinski definition) is 2. The fraction of sp³-hybridized carbons (Fsp3) is 0.294. The van der Waals surface area contributed by atoms with E-state index in [0.29, 0.717) is 6.42 Å². The largest absolute Gasteiger partial charge is 0.396 e. The lowest BCUT2D eigenvalue weighted by molar-refractivity contribution is 0.281. The maximum absolute atomic E-state index is 9.35. The lowest BCUT2D eigenvalue weighted by atomic mass is 9.89. The number of rotatable bonds is 4. The minimum atomic E-state index is 0.165. The van der Waals surface area contributed by atoms with Gasteiger partial charge < -0.3 is 10.2 Å². The van der Waals surface area contributed by atoms with Crippen molar-refractivity contribution in [1.29, 1.82) is 0 Å². The average molecular weight is 254 g/mol. The highest BCUT2D eigenvalue weighted by molar-refractivity contribution is 5.80. The molecule has 1 aliphatic carbocycles. The monoisotopic (exact) mass is 254 g/mol. The van der Waals surface area contributed by atoms with E-state index in [4.69, 9.17) is 0 Å². The third-order valence-corrected chi connectivity index (χ3v) is 3.97. The first-order chi connectivity index (χ1) is 9.36. The summed E-state index contributed by atoms with van der Waals surface area (Å²) in [6.45, 7) is 0.352. The summed E-state index contributed by atoms with van der Waals surface area (Å²) in [4.78, 5) is 0. The maximum Gasteiger partial charge on any atom is 0.0471 e. The van der Waals surface area contributed by atoms with Gasteiger partial charge in [-0.15, -0.1) is 0 Å². The molecule has 2 aromatic carbocycles. The van der Waals surface area contributed by atoms with Gasteiger partial charge in [-0.05, 0) is 40.7 Å². The predicted molar refractivity (Wildman–Crippen MR) is 76.2 cm³/mol. The van der Waals surface area contributed by atoms with Crippen molar-refractivity contribution in [3.05, 3.63) is 59.2 Å². The van der Waals surface area contributed by atoms with Crippen molar-refractivity contribution < 1.29 is 10.2 Å². The molecule has 0 aliphatic heterocycles. The van der Waals surface area contributed by atoms with Crippen LogP contribution in [0.1, 0.15) is 29.0 Å². The molecular weight excluding hydrogens is 236 g/mol. The van der Waals surface area contributed by atoms with Crippen LogP contribution < -0.4 is 0 Å². The second-order valence-electron chi connectivity index (χ2n) is 5.00. The van der Waals surface area contributed by atoms with Crippen LogP contribution in [-0.2, 0) is 6.42 Å². The molecule has 0 radical (unpaired) electrons. The van der Waals surface area contributed by atoms with Crippen LogP contribution in [-0.4, -0.2) is 23.4 Å². The van der Waals surface area contributed by atoms with E-state index >= 15 is 0 Å². The number of benzene rings is 2. The second kappa shape index (κ2) is 5.16. The number of hydrogen-bond donors (Lipinski definition) is 2. The highest BCUT2D eigenvalue weighted by atomic mass is 16.3. The molecule has 1 aliphatic rings. The third-order valence-electron chi connectivity index (χ3n) is 3.97. The summed E-state index contributed by atoms with van der Waals surface area (Å²) in [6.07, 6.45) is 1.42. The molecule has 0 fully saturated rings. The van der Waals surface area contributed by atoms with Gasteiger partial charge in [0.15, 0.2) is 0 Å². The number of fused-ring (bicyclic) bond motifs is 3. The van der Waals surface area contributed by atoms with Crippen LogP contribution >= 0.6 is 0 Å². The van der Waals surface area contributed by atoms with E-state index in [-0.39, 0.29) is 19.1 Å². The molecule has 2 aromatic rings. The van der Waals surface area contributed by atoms with Crippen LogP contribution in [0.3, 0.4) is 0 Å². The molecule has 0 saturated carbocycles. The Morgan fingerprint density at radius 1 is 0.842 bits per heavy atom. The van der Waals surface area contributed by atoms with Gasteiger partial charge >= 0.3 is 0 Å². The summed E-state index contributed by atoms with van der Waals surface area (Å²) in [5, 5.41) is 18.6. The topological polar surface area (TPSA) is 40.5 Å². The summed E-state index contributed by atoms with van der Waals surface area (Å²) < 4.78 is 0. The van der Waals surface area contributed by atoms with Gasteiger partial charge in [0.25, 0.3) is 0 Å². The lowest BCUT2D eigenvalue weighted by Gasteiger charge is -2.15. The summed E-state index contributed by atoms with van der Waals surface area (Å²) >= 11 is 0. The van der Waals surface area contributed by atoms with Gasteiger partial charge in [-0.3, -0.25) is 0 Å². The Morgan fingerprint density at radius 3 is 2.42 bits per heavy atom. The number of aliphatic hydroxyl groups excluding tert-OH is 2. The first-order valence-electron chi connectivity index (χ1n) is 6.79. The maximum atomic E-state index is 9.35. The van der Waals surface area contributed by atoms with Gasteiger partial charge in [-0.2, -0.15) is 0 Å². The van der Waals surface area contributed by atoms with E-state index in [1.807, 2.05) is 0 Å². The molecule has 19 heavy (non-hydrogen) atoms. The van der Waals surface area contributed by atoms with Crippen LogP contribution in [0, 0.1) is 0 Å². The van der Waals surface area contributed by atoms with Gasteiger partial charge in [0.1, 0.15) is 0 Å². The zero-order valence-corrected chi connectivity index (χ0v) is 10.8. The van der Waals surface area contributed by atoms with Crippen molar-refractivity contribution in [2.75, 3.05) is 13.2 Å². The molecule has 0 spiro atoms. The lowest BCUT2D eigenvalue weighted by Crippen LogP contribution is -2.04. The summed E-state index contributed by atoms with van der Waals surface area (Å²) in [6, 6.07) is 14.7. The standard InChI is InChI=1S/C17H18O2/c18-10-8-12-4-3-7-15-13-5-1-2-6-14(13)16(9-11-19)17(12)15/h1-7,16,18-19H,8-11H2. The molecule has 0 aromatic heterocycles. The minimum absolute atomic E-state index is 0.165. The van der Waals surface area contributed by atoms with E-state index in [1.54, 1.807) is 0 Å². The molecular formula is C17H18O2. The Hall–Kier alpha value is -1.64. The van der Waals surface area contributed by atoms with Crippen LogP contribution in [0.25, 0.3) is 11.1 Å². The highest BCUT2D eigenvalue weighted by Crippen LogP contribution is 2.47. The molecule has 98 valence electrons. The second-order valence-corrected chi connectivity index (χ2v) is 5.00. The van der Waals surface area contributed by atoms with E-state index in [1.165, 1.54) is 27.8 Å². The van der Waals surface area contributed by atoms with Crippen LogP contribution in [0.15, 0.2) is 42.5 Å². The Kier molecular flexibility index (Phi) is 3.36. The average Bonchev–Trinajstić information content (AvgIpc) is 2.76. The van der Waals surface area contributed by atoms with Crippen molar-refractivity contribution in [2.45, 2.75) is 18.8 Å². The molecule has 0 heterocycles. The van der Waals surface area contributed by atoms with Crippen molar-refractivity contribution in [2.24, 2.45) is 0 Å². The number of aliphatic hydroxyl groups is 2. The SMILES string of the molecule is OCCc1cccc2c1C(CCO)c1ccccc1-2. The fourth-order valence-electron chi connectivity index (χ4n) is 3.23. The first-order valence-corrected chi connectivity index (χ1v) is 6.79. The van der Waals surface area contributed by atoms with Crippen LogP contribution in [0.2, 0.25) is 0 Å². The Bertz CT molecular complexity index is 590. The van der Waals surface area contributed by atoms with Crippen molar-refractivity contribution in [3.8, 4) is 11.1 Å². The van der Waals surface area contributed by atoms with Crippen LogP contribution in [0.4, 0.5) is 0 Å². The molecule has 0 saturated heterocycles. The summed E-state index contributed by atoms with van der Waals surface area (Å²) in [5.41, 5.74) is 6.34. The molecule has 0 amide bonds. The molecule has 2 N–H and O–H groups in total. The molecule has 0 bridgehead atoms. The fourth-order valence-corrected chi connectivity index (χ4v) is 3.23. The molecule has 2 nitrogen and oxygen atoms in total. The van der Waals surface area contributed by atoms with Crippen molar-refractivity contribution >= 4 is 0 Å². The molecule has 1 unspecified atom stereocenters. The Morgan fingerprint density at radius 2 is 1.63 bits per heavy atom. The van der Waals surface area contributed by atoms with E-state index in [0.717, 1.165) is 6.42 Å². The van der Waals surface area contributed by atoms with Gasteiger partial charge in [0.2, 0.25) is 0 Å².